The zero-order chi connectivity index (χ0) is 42.8. The molecule has 3 aliphatic rings. The zero-order valence-electron chi connectivity index (χ0n) is 34.4. The molecule has 320 valence electrons. The summed E-state index contributed by atoms with van der Waals surface area (Å²) >= 11 is 1.45. The number of hydrogen-bond acceptors (Lipinski definition) is 13. The highest BCUT2D eigenvalue weighted by Crippen LogP contribution is 2.46. The number of pyridine rings is 1. The molecule has 0 radical (unpaired) electrons. The Kier molecular flexibility index (Phi) is 12.7. The number of carbonyl (C=O) groups is 3. The number of thiazole rings is 1. The van der Waals surface area contributed by atoms with Gasteiger partial charge in [0.1, 0.15) is 45.9 Å². The lowest BCUT2D eigenvalue weighted by atomic mass is 10.1. The van der Waals surface area contributed by atoms with Crippen LogP contribution in [0.3, 0.4) is 0 Å². The summed E-state index contributed by atoms with van der Waals surface area (Å²) < 4.78 is 41.9. The van der Waals surface area contributed by atoms with E-state index in [0.29, 0.717) is 46.0 Å². The van der Waals surface area contributed by atoms with Crippen LogP contribution in [0.2, 0.25) is 0 Å². The lowest BCUT2D eigenvalue weighted by molar-refractivity contribution is -0.147. The van der Waals surface area contributed by atoms with Crippen LogP contribution in [0.4, 0.5) is 10.8 Å². The number of anilines is 2. The van der Waals surface area contributed by atoms with E-state index in [-0.39, 0.29) is 30.3 Å². The summed E-state index contributed by atoms with van der Waals surface area (Å²) in [5.41, 5.74) is 0.534. The maximum atomic E-state index is 14.5. The fourth-order valence-corrected chi connectivity index (χ4v) is 9.77. The number of fused-ring (bicyclic) bond motifs is 3. The number of ether oxygens (including phenoxy) is 2. The molecule has 2 aliphatic heterocycles. The average molecular weight is 860 g/mol. The Bertz CT molecular complexity index is 2390. The van der Waals surface area contributed by atoms with E-state index in [1.807, 2.05) is 37.4 Å². The monoisotopic (exact) mass is 859 g/mol. The highest BCUT2D eigenvalue weighted by Gasteiger charge is 2.61. The molecule has 3 amide bonds. The van der Waals surface area contributed by atoms with Crippen molar-refractivity contribution in [3.63, 3.8) is 0 Å². The van der Waals surface area contributed by atoms with Crippen molar-refractivity contribution in [1.29, 1.82) is 0 Å². The van der Waals surface area contributed by atoms with E-state index in [9.17, 15) is 27.9 Å². The van der Waals surface area contributed by atoms with Gasteiger partial charge in [-0.15, -0.1) is 11.3 Å². The lowest BCUT2D eigenvalue weighted by Gasteiger charge is -2.29. The number of carbonyl (C=O) groups excluding carboxylic acids is 3. The first-order chi connectivity index (χ1) is 28.7. The number of sulfonamides is 1. The number of hydrogen-bond donors (Lipinski definition) is 5. The molecule has 1 saturated carbocycles. The number of nitrogens with one attached hydrogen (secondary N) is 4. The van der Waals surface area contributed by atoms with Gasteiger partial charge in [-0.2, -0.15) is 0 Å². The topological polar surface area (TPSA) is 201 Å². The Balaban J connectivity index is 1.19. The van der Waals surface area contributed by atoms with Crippen LogP contribution in [-0.2, 0) is 24.4 Å². The zero-order valence-corrected chi connectivity index (χ0v) is 36.1. The molecule has 1 aliphatic carbocycles. The summed E-state index contributed by atoms with van der Waals surface area (Å²) in [6.45, 7) is 7.98. The van der Waals surface area contributed by atoms with Crippen LogP contribution in [0, 0.1) is 11.8 Å². The maximum absolute atomic E-state index is 14.5. The van der Waals surface area contributed by atoms with Crippen LogP contribution < -0.4 is 30.1 Å². The van der Waals surface area contributed by atoms with Crippen LogP contribution in [0.5, 0.6) is 11.5 Å². The highest BCUT2D eigenvalue weighted by atomic mass is 32.2. The van der Waals surface area contributed by atoms with Crippen molar-refractivity contribution in [2.75, 3.05) is 30.8 Å². The van der Waals surface area contributed by atoms with Crippen molar-refractivity contribution >= 4 is 60.8 Å². The molecule has 2 aromatic carbocycles. The van der Waals surface area contributed by atoms with Gasteiger partial charge >= 0.3 is 0 Å². The molecule has 0 unspecified atom stereocenters. The quantitative estimate of drug-likeness (QED) is 0.126. The number of rotatable bonds is 10. The van der Waals surface area contributed by atoms with E-state index in [0.717, 1.165) is 30.8 Å². The second-order valence-electron chi connectivity index (χ2n) is 16.3. The number of methoxy groups -OCH3 is 1. The van der Waals surface area contributed by atoms with Crippen LogP contribution >= 0.6 is 11.3 Å². The van der Waals surface area contributed by atoms with Gasteiger partial charge in [-0.25, -0.2) is 23.1 Å². The predicted octanol–water partition coefficient (Wildman–Crippen LogP) is 5.47. The average Bonchev–Trinajstić information content (AvgIpc) is 3.48. The van der Waals surface area contributed by atoms with Crippen molar-refractivity contribution in [3.8, 4) is 22.9 Å². The number of likely N-dealkylation sites (tertiary alicyclic amines) is 1. The normalized spacial score (nSPS) is 23.9. The molecular formula is C43H53N7O8S2. The van der Waals surface area contributed by atoms with Crippen molar-refractivity contribution in [2.24, 2.45) is 11.8 Å². The highest BCUT2D eigenvalue weighted by molar-refractivity contribution is 7.90. The number of nitrogens with zero attached hydrogens (tertiary/aromatic N) is 3. The van der Waals surface area contributed by atoms with Gasteiger partial charge in [-0.05, 0) is 69.7 Å². The Morgan fingerprint density at radius 2 is 1.85 bits per heavy atom. The van der Waals surface area contributed by atoms with E-state index in [1.54, 1.807) is 57.4 Å². The first-order valence-electron chi connectivity index (χ1n) is 20.4. The Morgan fingerprint density at radius 1 is 1.05 bits per heavy atom. The van der Waals surface area contributed by atoms with Crippen LogP contribution in [0.1, 0.15) is 66.2 Å². The number of para-hydroxylation sites is 1. The molecule has 60 heavy (non-hydrogen) atoms. The van der Waals surface area contributed by atoms with Crippen molar-refractivity contribution in [3.05, 3.63) is 66.1 Å². The Labute approximate surface area is 354 Å². The number of aliphatic hydroxyl groups is 1. The fourth-order valence-electron chi connectivity index (χ4n) is 7.69. The molecule has 2 fully saturated rings. The molecule has 4 heterocycles. The molecular weight excluding hydrogens is 807 g/mol. The first-order valence-corrected chi connectivity index (χ1v) is 22.8. The number of amides is 3. The van der Waals surface area contributed by atoms with E-state index >= 15 is 0 Å². The van der Waals surface area contributed by atoms with E-state index in [2.05, 4.69) is 20.7 Å². The van der Waals surface area contributed by atoms with Crippen LogP contribution in [0.15, 0.2) is 71.0 Å². The molecule has 7 rings (SSSR count). The molecule has 15 nitrogen and oxygen atoms in total. The molecule has 17 heteroatoms. The van der Waals surface area contributed by atoms with Gasteiger partial charge in [0.15, 0.2) is 5.13 Å². The number of aromatic nitrogens is 2. The number of aliphatic hydroxyl groups excluding tert-OH is 1. The molecule has 0 spiro atoms. The molecule has 4 aromatic rings. The standard InChI is InChI=1S/C43H53N7O8S2/c1-25(2)38(51)40(53)50-23-29(58-36-21-33(34-24-59-42(47-34)45-26(3)4)46-32-19-28(57-5)16-17-30(32)36)20-35(50)39(52)48-43-22-27(43)13-9-7-6-8-12-18-44-31-14-10-11-15-37(31)60(55,56)49-41(43)54/h9-11,13-17,19,21,24-27,29,35,38,44,51H,6-8,12,18,20,22-23H2,1-5H3,(H,45,47)(H,48,52)(H,49,54)/b13-9-/t27-,29-,35+,38-,43-/m1/s1. The summed E-state index contributed by atoms with van der Waals surface area (Å²) in [5, 5.41) is 23.7. The number of allylic oxidation sites excluding steroid dienone is 1. The van der Waals surface area contributed by atoms with Gasteiger partial charge < -0.3 is 35.4 Å². The second kappa shape index (κ2) is 17.8. The summed E-state index contributed by atoms with van der Waals surface area (Å²) in [6.07, 6.45) is 5.27. The largest absolute Gasteiger partial charge is 0.497 e. The smallest absolute Gasteiger partial charge is 0.266 e. The van der Waals surface area contributed by atoms with Crippen LogP contribution in [-0.4, -0.2) is 96.1 Å². The van der Waals surface area contributed by atoms with E-state index in [4.69, 9.17) is 19.4 Å². The van der Waals surface area contributed by atoms with Crippen molar-refractivity contribution in [2.45, 2.75) is 101 Å². The predicted molar refractivity (Wildman–Crippen MR) is 230 cm³/mol. The SMILES string of the molecule is COc1ccc2c(O[C@@H]3C[C@@H](C(=O)N[C@]45C[C@H]4/C=C\CCCCCNc4ccccc4S(=O)(=O)NC5=O)N(C(=O)[C@H](O)C(C)C)C3)cc(-c3csc(NC(C)C)n3)nc2c1. The molecule has 0 bridgehead atoms. The summed E-state index contributed by atoms with van der Waals surface area (Å²) in [4.78, 5) is 53.4. The van der Waals surface area contributed by atoms with Gasteiger partial charge in [0.25, 0.3) is 21.8 Å². The van der Waals surface area contributed by atoms with Gasteiger partial charge in [-0.3, -0.25) is 14.4 Å². The molecule has 1 saturated heterocycles. The third-order valence-corrected chi connectivity index (χ3v) is 13.2. The van der Waals surface area contributed by atoms with Gasteiger partial charge in [0.2, 0.25) is 5.91 Å². The first kappa shape index (κ1) is 42.8. The van der Waals surface area contributed by atoms with Crippen molar-refractivity contribution < 1.29 is 37.4 Å². The summed E-state index contributed by atoms with van der Waals surface area (Å²) in [7, 11) is -2.79. The molecule has 5 atom stereocenters. The van der Waals surface area contributed by atoms with E-state index < -0.39 is 63.4 Å². The minimum atomic E-state index is -4.36. The molecule has 5 N–H and O–H groups in total. The van der Waals surface area contributed by atoms with Crippen LogP contribution in [0.25, 0.3) is 22.3 Å². The summed E-state index contributed by atoms with van der Waals surface area (Å²) in [6, 6.07) is 12.6. The van der Waals surface area contributed by atoms with Gasteiger partial charge in [0, 0.05) is 47.8 Å². The third-order valence-electron chi connectivity index (χ3n) is 11.1. The second-order valence-corrected chi connectivity index (χ2v) is 18.8. The molecule has 2 aromatic heterocycles. The number of benzene rings is 2. The van der Waals surface area contributed by atoms with Gasteiger partial charge in [-0.1, -0.05) is 44.6 Å². The minimum absolute atomic E-state index is 0.0202. The van der Waals surface area contributed by atoms with Crippen molar-refractivity contribution in [1.82, 2.24) is 24.9 Å². The summed E-state index contributed by atoms with van der Waals surface area (Å²) in [5.74, 6) is -2.10. The lowest BCUT2D eigenvalue weighted by Crippen LogP contribution is -2.57. The maximum Gasteiger partial charge on any atom is 0.266 e. The Morgan fingerprint density at radius 3 is 2.62 bits per heavy atom. The minimum Gasteiger partial charge on any atom is -0.497 e. The fraction of sp³-hybridized carbons (Fsp3) is 0.465. The van der Waals surface area contributed by atoms with Gasteiger partial charge in [0.05, 0.1) is 30.6 Å². The van der Waals surface area contributed by atoms with E-state index in [1.165, 1.54) is 22.3 Å². The Hall–Kier alpha value is -5.26. The third kappa shape index (κ3) is 9.22.